The number of amides is 1. The molecule has 4 nitrogen and oxygen atoms in total. The number of fused-ring (bicyclic) bond motifs is 7. The molecule has 4 saturated carbocycles. The van der Waals surface area contributed by atoms with Crippen molar-refractivity contribution in [2.75, 3.05) is 7.05 Å². The Kier molecular flexibility index (Phi) is 5.53. The van der Waals surface area contributed by atoms with Crippen LogP contribution in [0.3, 0.4) is 0 Å². The molecule has 4 fully saturated rings. The van der Waals surface area contributed by atoms with Crippen molar-refractivity contribution in [3.63, 3.8) is 0 Å². The lowest BCUT2D eigenvalue weighted by molar-refractivity contribution is -0.203. The van der Waals surface area contributed by atoms with Crippen LogP contribution in [0, 0.1) is 51.2 Å². The fourth-order valence-electron chi connectivity index (χ4n) is 10.8. The van der Waals surface area contributed by atoms with Gasteiger partial charge in [0.25, 0.3) is 0 Å². The Hall–Kier alpha value is -1.16. The largest absolute Gasteiger partial charge is 0.393 e. The third kappa shape index (κ3) is 2.93. The van der Waals surface area contributed by atoms with Crippen molar-refractivity contribution in [3.05, 3.63) is 11.1 Å². The van der Waals surface area contributed by atoms with Crippen molar-refractivity contribution in [1.29, 1.82) is 0 Å². The molecule has 0 spiro atoms. The predicted molar refractivity (Wildman–Crippen MR) is 135 cm³/mol. The predicted octanol–water partition coefficient (Wildman–Crippen LogP) is 5.68. The van der Waals surface area contributed by atoms with E-state index in [9.17, 15) is 14.7 Å². The summed E-state index contributed by atoms with van der Waals surface area (Å²) in [4.78, 5) is 26.7. The number of hydrogen-bond donors (Lipinski definition) is 2. The summed E-state index contributed by atoms with van der Waals surface area (Å²) in [6.07, 6.45) is 8.78. The Bertz CT molecular complexity index is 933. The van der Waals surface area contributed by atoms with Crippen LogP contribution in [0.25, 0.3) is 0 Å². The van der Waals surface area contributed by atoms with E-state index in [1.807, 2.05) is 0 Å². The van der Waals surface area contributed by atoms with Crippen molar-refractivity contribution >= 4 is 11.7 Å². The Morgan fingerprint density at radius 3 is 2.26 bits per heavy atom. The zero-order chi connectivity index (χ0) is 24.8. The molecule has 0 aromatic carbocycles. The highest BCUT2D eigenvalue weighted by atomic mass is 16.3. The van der Waals surface area contributed by atoms with E-state index in [0.29, 0.717) is 30.1 Å². The van der Waals surface area contributed by atoms with Crippen LogP contribution in [0.5, 0.6) is 0 Å². The molecular formula is C30H47NO3. The van der Waals surface area contributed by atoms with Gasteiger partial charge >= 0.3 is 0 Å². The summed E-state index contributed by atoms with van der Waals surface area (Å²) in [6, 6.07) is 0. The molecule has 0 aromatic rings. The SMILES string of the molecule is CNC(=O)C12CCC3C(CCC4[C@@]3(C)CCC3C(C)(C)[C@@H](O)CC[C@@]34C)C1=C(C(C)C)C(=O)C2. The lowest BCUT2D eigenvalue weighted by Gasteiger charge is -2.68. The minimum Gasteiger partial charge on any atom is -0.393 e. The summed E-state index contributed by atoms with van der Waals surface area (Å²) >= 11 is 0. The molecule has 1 amide bonds. The van der Waals surface area contributed by atoms with Crippen LogP contribution < -0.4 is 5.32 Å². The maximum atomic E-state index is 13.3. The highest BCUT2D eigenvalue weighted by Crippen LogP contribution is 2.72. The van der Waals surface area contributed by atoms with Crippen molar-refractivity contribution in [2.45, 2.75) is 105 Å². The van der Waals surface area contributed by atoms with E-state index < -0.39 is 5.41 Å². The third-order valence-electron chi connectivity index (χ3n) is 12.2. The second kappa shape index (κ2) is 7.67. The first-order chi connectivity index (χ1) is 15.8. The van der Waals surface area contributed by atoms with Crippen LogP contribution in [0.4, 0.5) is 0 Å². The fraction of sp³-hybridized carbons (Fsp3) is 0.867. The first-order valence-corrected chi connectivity index (χ1v) is 14.0. The molecular weight excluding hydrogens is 422 g/mol. The van der Waals surface area contributed by atoms with Gasteiger partial charge in [0.1, 0.15) is 0 Å². The number of aliphatic hydroxyl groups is 1. The molecule has 0 radical (unpaired) electrons. The summed E-state index contributed by atoms with van der Waals surface area (Å²) in [7, 11) is 1.73. The Balaban J connectivity index is 1.57. The lowest BCUT2D eigenvalue weighted by atomic mass is 9.36. The smallest absolute Gasteiger partial charge is 0.230 e. The van der Waals surface area contributed by atoms with Gasteiger partial charge in [-0.05, 0) is 108 Å². The van der Waals surface area contributed by atoms with E-state index in [-0.39, 0.29) is 40.0 Å². The number of ketones is 1. The zero-order valence-electron chi connectivity index (χ0n) is 22.6. The molecule has 0 bridgehead atoms. The number of nitrogens with one attached hydrogen (secondary N) is 1. The fourth-order valence-corrected chi connectivity index (χ4v) is 10.8. The molecule has 2 N–H and O–H groups in total. The number of allylic oxidation sites excluding steroid dienone is 1. The highest BCUT2D eigenvalue weighted by molar-refractivity contribution is 6.06. The average molecular weight is 470 g/mol. The minimum atomic E-state index is -0.603. The monoisotopic (exact) mass is 469 g/mol. The summed E-state index contributed by atoms with van der Waals surface area (Å²) < 4.78 is 0. The average Bonchev–Trinajstić information content (AvgIpc) is 3.09. The molecule has 5 rings (SSSR count). The normalized spacial score (nSPS) is 47.6. The van der Waals surface area contributed by atoms with Gasteiger partial charge < -0.3 is 10.4 Å². The Morgan fingerprint density at radius 1 is 0.941 bits per heavy atom. The topological polar surface area (TPSA) is 66.4 Å². The van der Waals surface area contributed by atoms with Crippen LogP contribution in [0.15, 0.2) is 11.1 Å². The number of hydrogen-bond acceptors (Lipinski definition) is 3. The van der Waals surface area contributed by atoms with Crippen LogP contribution in [0.2, 0.25) is 0 Å². The van der Waals surface area contributed by atoms with Crippen molar-refractivity contribution in [3.8, 4) is 0 Å². The van der Waals surface area contributed by atoms with Gasteiger partial charge in [0.2, 0.25) is 5.91 Å². The minimum absolute atomic E-state index is 0.0304. The molecule has 4 heteroatoms. The van der Waals surface area contributed by atoms with E-state index in [0.717, 1.165) is 37.7 Å². The second-order valence-corrected chi connectivity index (χ2v) is 14.1. The number of aliphatic hydroxyl groups excluding tert-OH is 1. The standard InChI is InChI=1S/C30H47NO3/c1-17(2)24-20(32)16-30(26(34)31-7)15-10-19-18(25(24)30)8-9-22-28(19,5)13-11-21-27(3,4)23(33)12-14-29(21,22)6/h17-19,21-23,33H,8-16H2,1-7H3,(H,31,34)/t18?,19?,21?,22?,23-,28-,29-,30?/m0/s1. The molecule has 8 atom stereocenters. The van der Waals surface area contributed by atoms with Crippen molar-refractivity contribution in [1.82, 2.24) is 5.32 Å². The second-order valence-electron chi connectivity index (χ2n) is 14.1. The molecule has 5 aliphatic carbocycles. The molecule has 5 unspecified atom stereocenters. The summed E-state index contributed by atoms with van der Waals surface area (Å²) in [5, 5.41) is 13.8. The van der Waals surface area contributed by atoms with Gasteiger partial charge in [-0.25, -0.2) is 0 Å². The number of carbonyl (C=O) groups is 2. The molecule has 0 saturated heterocycles. The molecule has 5 aliphatic rings. The molecule has 0 aromatic heterocycles. The first-order valence-electron chi connectivity index (χ1n) is 14.0. The summed E-state index contributed by atoms with van der Waals surface area (Å²) in [5.74, 6) is 2.58. The maximum Gasteiger partial charge on any atom is 0.230 e. The van der Waals surface area contributed by atoms with Gasteiger partial charge in [0, 0.05) is 13.5 Å². The number of carbonyl (C=O) groups excluding carboxylic acids is 2. The number of rotatable bonds is 2. The van der Waals surface area contributed by atoms with E-state index in [2.05, 4.69) is 46.9 Å². The quantitative estimate of drug-likeness (QED) is 0.546. The van der Waals surface area contributed by atoms with Crippen LogP contribution in [-0.2, 0) is 9.59 Å². The van der Waals surface area contributed by atoms with Crippen LogP contribution in [0.1, 0.15) is 99.3 Å². The molecule has 190 valence electrons. The Morgan fingerprint density at radius 2 is 1.62 bits per heavy atom. The van der Waals surface area contributed by atoms with Crippen LogP contribution in [-0.4, -0.2) is 29.9 Å². The van der Waals surface area contributed by atoms with Crippen molar-refractivity contribution < 1.29 is 14.7 Å². The van der Waals surface area contributed by atoms with E-state index in [4.69, 9.17) is 0 Å². The third-order valence-corrected chi connectivity index (χ3v) is 12.2. The van der Waals surface area contributed by atoms with E-state index in [1.54, 1.807) is 7.05 Å². The zero-order valence-corrected chi connectivity index (χ0v) is 22.6. The highest BCUT2D eigenvalue weighted by Gasteiger charge is 2.67. The van der Waals surface area contributed by atoms with Gasteiger partial charge in [-0.3, -0.25) is 9.59 Å². The van der Waals surface area contributed by atoms with E-state index in [1.165, 1.54) is 24.8 Å². The molecule has 0 heterocycles. The van der Waals surface area contributed by atoms with Gasteiger partial charge in [0.15, 0.2) is 5.78 Å². The summed E-state index contributed by atoms with van der Waals surface area (Å²) in [5.41, 5.74) is 2.10. The summed E-state index contributed by atoms with van der Waals surface area (Å²) in [6.45, 7) is 14.0. The van der Waals surface area contributed by atoms with Crippen LogP contribution >= 0.6 is 0 Å². The molecule has 0 aliphatic heterocycles. The van der Waals surface area contributed by atoms with Gasteiger partial charge in [-0.1, -0.05) is 41.5 Å². The lowest BCUT2D eigenvalue weighted by Crippen LogP contribution is -2.63. The van der Waals surface area contributed by atoms with E-state index >= 15 is 0 Å². The maximum absolute atomic E-state index is 13.3. The van der Waals surface area contributed by atoms with Crippen molar-refractivity contribution in [2.24, 2.45) is 51.2 Å². The van der Waals surface area contributed by atoms with Gasteiger partial charge in [0.05, 0.1) is 11.5 Å². The first kappa shape index (κ1) is 24.5. The van der Waals surface area contributed by atoms with Gasteiger partial charge in [-0.15, -0.1) is 0 Å². The Labute approximate surface area is 206 Å². The van der Waals surface area contributed by atoms with Gasteiger partial charge in [-0.2, -0.15) is 0 Å². The molecule has 34 heavy (non-hydrogen) atoms. The number of Topliss-reactive ketones (excluding diaryl/α,β-unsaturated/α-hetero) is 1.